The molecule has 5 heteroatoms. The summed E-state index contributed by atoms with van der Waals surface area (Å²) in [7, 11) is 0. The number of benzene rings is 2. The molecule has 0 aliphatic carbocycles. The van der Waals surface area contributed by atoms with Crippen molar-refractivity contribution in [3.63, 3.8) is 0 Å². The standard InChI is InChI=1S/C27H34N2O3/c1-17(2)25(30)22-15-20(8-10-24(22)32-18(3)4)26(31)28-21-9-7-19-11-14-29-13-6-12-27(29,5)23(19)16-21/h7-10,15-18H,6,11-14H2,1-5H3,(H,28,31). The van der Waals surface area contributed by atoms with Gasteiger partial charge in [-0.05, 0) is 88.0 Å². The monoisotopic (exact) mass is 434 g/mol. The lowest BCUT2D eigenvalue weighted by Gasteiger charge is -2.41. The fourth-order valence-corrected chi connectivity index (χ4v) is 5.05. The minimum Gasteiger partial charge on any atom is -0.490 e. The Balaban J connectivity index is 1.61. The molecule has 0 saturated carbocycles. The minimum absolute atomic E-state index is 0.0293. The Labute approximate surface area is 191 Å². The average Bonchev–Trinajstić information content (AvgIpc) is 3.15. The van der Waals surface area contributed by atoms with Crippen molar-refractivity contribution in [2.75, 3.05) is 18.4 Å². The molecule has 1 unspecified atom stereocenters. The highest BCUT2D eigenvalue weighted by Crippen LogP contribution is 2.43. The second kappa shape index (κ2) is 8.70. The van der Waals surface area contributed by atoms with Gasteiger partial charge in [-0.15, -0.1) is 0 Å². The topological polar surface area (TPSA) is 58.6 Å². The number of fused-ring (bicyclic) bond motifs is 3. The highest BCUT2D eigenvalue weighted by atomic mass is 16.5. The molecule has 0 aromatic heterocycles. The molecular weight excluding hydrogens is 400 g/mol. The maximum absolute atomic E-state index is 13.1. The smallest absolute Gasteiger partial charge is 0.255 e. The molecule has 1 amide bonds. The van der Waals surface area contributed by atoms with Gasteiger partial charge in [0, 0.05) is 29.3 Å². The van der Waals surface area contributed by atoms with E-state index in [0.717, 1.165) is 31.6 Å². The Hall–Kier alpha value is -2.66. The molecule has 0 bridgehead atoms. The molecule has 1 atom stereocenters. The molecule has 1 saturated heterocycles. The van der Waals surface area contributed by atoms with Gasteiger partial charge in [0.15, 0.2) is 5.78 Å². The predicted octanol–water partition coefficient (Wildman–Crippen LogP) is 5.43. The average molecular weight is 435 g/mol. The molecular formula is C27H34N2O3. The molecule has 170 valence electrons. The number of rotatable bonds is 6. The van der Waals surface area contributed by atoms with Crippen LogP contribution in [0.2, 0.25) is 0 Å². The van der Waals surface area contributed by atoms with Crippen molar-refractivity contribution in [1.82, 2.24) is 4.90 Å². The first kappa shape index (κ1) is 22.5. The summed E-state index contributed by atoms with van der Waals surface area (Å²) in [5, 5.41) is 3.05. The van der Waals surface area contributed by atoms with Crippen LogP contribution in [0.4, 0.5) is 5.69 Å². The van der Waals surface area contributed by atoms with Gasteiger partial charge in [-0.1, -0.05) is 19.9 Å². The van der Waals surface area contributed by atoms with Gasteiger partial charge in [0.2, 0.25) is 0 Å². The van der Waals surface area contributed by atoms with Crippen molar-refractivity contribution in [3.8, 4) is 5.75 Å². The van der Waals surface area contributed by atoms with E-state index in [1.165, 1.54) is 17.5 Å². The van der Waals surface area contributed by atoms with Gasteiger partial charge in [-0.2, -0.15) is 0 Å². The maximum Gasteiger partial charge on any atom is 0.255 e. The number of Topliss-reactive ketones (excluding diaryl/α,β-unsaturated/α-hetero) is 1. The first-order chi connectivity index (χ1) is 15.2. The summed E-state index contributed by atoms with van der Waals surface area (Å²) < 4.78 is 5.83. The van der Waals surface area contributed by atoms with Crippen LogP contribution in [-0.2, 0) is 12.0 Å². The molecule has 0 radical (unpaired) electrons. The number of hydrogen-bond acceptors (Lipinski definition) is 4. The number of hydrogen-bond donors (Lipinski definition) is 1. The van der Waals surface area contributed by atoms with Gasteiger partial charge >= 0.3 is 0 Å². The van der Waals surface area contributed by atoms with E-state index in [9.17, 15) is 9.59 Å². The fourth-order valence-electron chi connectivity index (χ4n) is 5.05. The van der Waals surface area contributed by atoms with E-state index >= 15 is 0 Å². The quantitative estimate of drug-likeness (QED) is 0.616. The van der Waals surface area contributed by atoms with E-state index in [0.29, 0.717) is 16.9 Å². The van der Waals surface area contributed by atoms with E-state index in [1.54, 1.807) is 18.2 Å². The summed E-state index contributed by atoms with van der Waals surface area (Å²) in [4.78, 5) is 28.4. The normalized spacial score (nSPS) is 20.2. The molecule has 2 aromatic carbocycles. The molecule has 32 heavy (non-hydrogen) atoms. The summed E-state index contributed by atoms with van der Waals surface area (Å²) in [6.45, 7) is 12.1. The fraction of sp³-hybridized carbons (Fsp3) is 0.481. The Morgan fingerprint density at radius 3 is 2.56 bits per heavy atom. The Morgan fingerprint density at radius 1 is 1.06 bits per heavy atom. The second-order valence-electron chi connectivity index (χ2n) is 9.84. The SMILES string of the molecule is CC(C)Oc1ccc(C(=O)Nc2ccc3c(c2)C2(C)CCCN2CC3)cc1C(=O)C(C)C. The number of amides is 1. The lowest BCUT2D eigenvalue weighted by atomic mass is 9.81. The zero-order valence-corrected chi connectivity index (χ0v) is 19.8. The third-order valence-corrected chi connectivity index (χ3v) is 6.78. The zero-order chi connectivity index (χ0) is 23.0. The molecule has 2 aliphatic heterocycles. The van der Waals surface area contributed by atoms with Gasteiger partial charge in [0.25, 0.3) is 5.91 Å². The Morgan fingerprint density at radius 2 is 1.84 bits per heavy atom. The highest BCUT2D eigenvalue weighted by molar-refractivity contribution is 6.07. The van der Waals surface area contributed by atoms with Gasteiger partial charge in [-0.3, -0.25) is 14.5 Å². The first-order valence-electron chi connectivity index (χ1n) is 11.7. The minimum atomic E-state index is -0.219. The molecule has 0 spiro atoms. The summed E-state index contributed by atoms with van der Waals surface area (Å²) in [6.07, 6.45) is 3.36. The van der Waals surface area contributed by atoms with Gasteiger partial charge in [-0.25, -0.2) is 0 Å². The molecule has 2 aliphatic rings. The van der Waals surface area contributed by atoms with Crippen molar-refractivity contribution in [2.45, 2.75) is 65.5 Å². The van der Waals surface area contributed by atoms with Gasteiger partial charge < -0.3 is 10.1 Å². The third-order valence-electron chi connectivity index (χ3n) is 6.78. The molecule has 4 rings (SSSR count). The maximum atomic E-state index is 13.1. The van der Waals surface area contributed by atoms with Crippen LogP contribution in [0.1, 0.15) is 79.3 Å². The van der Waals surface area contributed by atoms with Crippen LogP contribution < -0.4 is 10.1 Å². The summed E-state index contributed by atoms with van der Waals surface area (Å²) in [5.41, 5.74) is 4.47. The van der Waals surface area contributed by atoms with E-state index in [-0.39, 0.29) is 29.3 Å². The van der Waals surface area contributed by atoms with Crippen molar-refractivity contribution >= 4 is 17.4 Å². The van der Waals surface area contributed by atoms with E-state index < -0.39 is 0 Å². The number of anilines is 1. The summed E-state index contributed by atoms with van der Waals surface area (Å²) in [6, 6.07) is 11.4. The van der Waals surface area contributed by atoms with Crippen molar-refractivity contribution in [2.24, 2.45) is 5.92 Å². The lowest BCUT2D eigenvalue weighted by molar-refractivity contribution is 0.0933. The molecule has 1 fully saturated rings. The van der Waals surface area contributed by atoms with Crippen LogP contribution in [0.15, 0.2) is 36.4 Å². The number of carbonyl (C=O) groups excluding carboxylic acids is 2. The number of ketones is 1. The largest absolute Gasteiger partial charge is 0.490 e. The number of nitrogens with one attached hydrogen (secondary N) is 1. The lowest BCUT2D eigenvalue weighted by Crippen LogP contribution is -2.44. The van der Waals surface area contributed by atoms with Crippen LogP contribution in [0, 0.1) is 5.92 Å². The highest BCUT2D eigenvalue weighted by Gasteiger charge is 2.41. The van der Waals surface area contributed by atoms with Crippen LogP contribution >= 0.6 is 0 Å². The molecule has 5 nitrogen and oxygen atoms in total. The molecule has 2 heterocycles. The Kier molecular flexibility index (Phi) is 6.13. The van der Waals surface area contributed by atoms with Crippen molar-refractivity contribution in [1.29, 1.82) is 0 Å². The van der Waals surface area contributed by atoms with Crippen LogP contribution in [-0.4, -0.2) is 35.8 Å². The summed E-state index contributed by atoms with van der Waals surface area (Å²) in [5.74, 6) is 0.0956. The van der Waals surface area contributed by atoms with Crippen LogP contribution in [0.3, 0.4) is 0 Å². The summed E-state index contributed by atoms with van der Waals surface area (Å²) >= 11 is 0. The van der Waals surface area contributed by atoms with E-state index in [1.807, 2.05) is 33.8 Å². The van der Waals surface area contributed by atoms with Gasteiger partial charge in [0.05, 0.1) is 11.7 Å². The van der Waals surface area contributed by atoms with Crippen molar-refractivity contribution in [3.05, 3.63) is 58.7 Å². The molecule has 1 N–H and O–H groups in total. The number of nitrogens with zero attached hydrogens (tertiary/aromatic N) is 1. The van der Waals surface area contributed by atoms with E-state index in [2.05, 4.69) is 29.3 Å². The van der Waals surface area contributed by atoms with Crippen LogP contribution in [0.25, 0.3) is 0 Å². The predicted molar refractivity (Wildman–Crippen MR) is 128 cm³/mol. The number of ether oxygens (including phenoxy) is 1. The van der Waals surface area contributed by atoms with Gasteiger partial charge in [0.1, 0.15) is 5.75 Å². The van der Waals surface area contributed by atoms with Crippen LogP contribution in [0.5, 0.6) is 5.75 Å². The van der Waals surface area contributed by atoms with Crippen molar-refractivity contribution < 1.29 is 14.3 Å². The third kappa shape index (κ3) is 4.18. The molecule has 2 aromatic rings. The first-order valence-corrected chi connectivity index (χ1v) is 11.7. The van der Waals surface area contributed by atoms with E-state index in [4.69, 9.17) is 4.74 Å². The second-order valence-corrected chi connectivity index (χ2v) is 9.84. The zero-order valence-electron chi connectivity index (χ0n) is 19.8. The number of carbonyl (C=O) groups is 2. The Bertz CT molecular complexity index is 1040.